The SMILES string of the molecule is CC1CN(c2cccc(S(C)(=O)=O)c2[N+](=O)[O-])CC(c2ccsc2)O1. The molecule has 0 radical (unpaired) electrons. The van der Waals surface area contributed by atoms with Gasteiger partial charge in [-0.1, -0.05) is 6.07 Å². The van der Waals surface area contributed by atoms with Gasteiger partial charge in [-0.25, -0.2) is 8.42 Å². The molecule has 2 atom stereocenters. The minimum atomic E-state index is -3.71. The van der Waals surface area contributed by atoms with Crippen molar-refractivity contribution in [3.05, 3.63) is 50.7 Å². The number of nitrogens with zero attached hydrogens (tertiary/aromatic N) is 2. The quantitative estimate of drug-likeness (QED) is 0.596. The Bertz CT molecular complexity index is 880. The van der Waals surface area contributed by atoms with Crippen LogP contribution in [0.2, 0.25) is 0 Å². The monoisotopic (exact) mass is 382 g/mol. The zero-order valence-electron chi connectivity index (χ0n) is 13.8. The van der Waals surface area contributed by atoms with Crippen LogP contribution in [0.5, 0.6) is 0 Å². The number of ether oxygens (including phenoxy) is 1. The van der Waals surface area contributed by atoms with E-state index >= 15 is 0 Å². The number of thiophene rings is 1. The van der Waals surface area contributed by atoms with Gasteiger partial charge in [0.15, 0.2) is 9.84 Å². The van der Waals surface area contributed by atoms with E-state index in [-0.39, 0.29) is 22.8 Å². The van der Waals surface area contributed by atoms with Crippen LogP contribution in [0.3, 0.4) is 0 Å². The highest BCUT2D eigenvalue weighted by molar-refractivity contribution is 7.90. The normalized spacial score (nSPS) is 21.3. The third-order valence-corrected chi connectivity index (χ3v) is 5.91. The van der Waals surface area contributed by atoms with Crippen molar-refractivity contribution in [1.82, 2.24) is 0 Å². The number of hydrogen-bond donors (Lipinski definition) is 0. The molecule has 0 spiro atoms. The van der Waals surface area contributed by atoms with E-state index in [4.69, 9.17) is 4.74 Å². The Hall–Kier alpha value is -1.97. The molecule has 1 aromatic carbocycles. The number of sulfone groups is 1. The molecule has 1 aromatic heterocycles. The Balaban J connectivity index is 2.05. The number of nitro benzene ring substituents is 1. The number of morpholine rings is 1. The van der Waals surface area contributed by atoms with Gasteiger partial charge in [0.05, 0.1) is 11.0 Å². The summed E-state index contributed by atoms with van der Waals surface area (Å²) < 4.78 is 29.9. The second-order valence-corrected chi connectivity index (χ2v) is 8.81. The molecular weight excluding hydrogens is 364 g/mol. The molecule has 1 aliphatic rings. The molecule has 0 bridgehead atoms. The number of para-hydroxylation sites is 1. The summed E-state index contributed by atoms with van der Waals surface area (Å²) in [6.45, 7) is 2.78. The number of nitro groups is 1. The minimum Gasteiger partial charge on any atom is -0.367 e. The molecule has 2 heterocycles. The highest BCUT2D eigenvalue weighted by atomic mass is 32.2. The maximum absolute atomic E-state index is 12.0. The van der Waals surface area contributed by atoms with Crippen LogP contribution in [0.4, 0.5) is 11.4 Å². The van der Waals surface area contributed by atoms with E-state index < -0.39 is 14.8 Å². The summed E-state index contributed by atoms with van der Waals surface area (Å²) in [5.41, 5.74) is 0.954. The van der Waals surface area contributed by atoms with Gasteiger partial charge in [0.25, 0.3) is 0 Å². The van der Waals surface area contributed by atoms with E-state index in [2.05, 4.69) is 0 Å². The highest BCUT2D eigenvalue weighted by Crippen LogP contribution is 2.38. The topological polar surface area (TPSA) is 89.8 Å². The second kappa shape index (κ2) is 6.74. The molecule has 1 saturated heterocycles. The van der Waals surface area contributed by atoms with E-state index in [1.165, 1.54) is 6.07 Å². The maximum Gasteiger partial charge on any atom is 0.311 e. The smallest absolute Gasteiger partial charge is 0.311 e. The molecule has 25 heavy (non-hydrogen) atoms. The van der Waals surface area contributed by atoms with Crippen LogP contribution < -0.4 is 4.90 Å². The number of hydrogen-bond acceptors (Lipinski definition) is 7. The summed E-state index contributed by atoms with van der Waals surface area (Å²) in [5.74, 6) is 0. The summed E-state index contributed by atoms with van der Waals surface area (Å²) in [6.07, 6.45) is 0.631. The molecule has 9 heteroatoms. The van der Waals surface area contributed by atoms with Gasteiger partial charge in [-0.15, -0.1) is 0 Å². The van der Waals surface area contributed by atoms with Crippen LogP contribution in [0.25, 0.3) is 0 Å². The lowest BCUT2D eigenvalue weighted by Gasteiger charge is -2.37. The van der Waals surface area contributed by atoms with Gasteiger partial charge >= 0.3 is 5.69 Å². The van der Waals surface area contributed by atoms with E-state index in [1.807, 2.05) is 28.7 Å². The summed E-state index contributed by atoms with van der Waals surface area (Å²) in [7, 11) is -3.71. The number of rotatable bonds is 4. The molecule has 3 rings (SSSR count). The van der Waals surface area contributed by atoms with Gasteiger partial charge in [-0.05, 0) is 41.4 Å². The molecule has 7 nitrogen and oxygen atoms in total. The van der Waals surface area contributed by atoms with Crippen molar-refractivity contribution in [2.24, 2.45) is 0 Å². The standard InChI is InChI=1S/C16H18N2O5S2/c1-11-8-17(9-14(23-11)12-6-7-24-10-12)13-4-3-5-15(25(2,21)22)16(13)18(19)20/h3-7,10-11,14H,8-9H2,1-2H3. The maximum atomic E-state index is 12.0. The van der Waals surface area contributed by atoms with Crippen molar-refractivity contribution in [2.75, 3.05) is 24.2 Å². The Morgan fingerprint density at radius 2 is 2.08 bits per heavy atom. The molecule has 2 unspecified atom stereocenters. The van der Waals surface area contributed by atoms with Crippen LogP contribution in [-0.4, -0.2) is 38.8 Å². The first-order chi connectivity index (χ1) is 11.8. The number of benzene rings is 1. The van der Waals surface area contributed by atoms with Crippen molar-refractivity contribution >= 4 is 32.5 Å². The van der Waals surface area contributed by atoms with Crippen LogP contribution in [-0.2, 0) is 14.6 Å². The molecule has 0 N–H and O–H groups in total. The fourth-order valence-electron chi connectivity index (χ4n) is 3.04. The molecule has 0 aliphatic carbocycles. The van der Waals surface area contributed by atoms with Gasteiger partial charge in [0.2, 0.25) is 0 Å². The number of anilines is 1. The van der Waals surface area contributed by atoms with Crippen LogP contribution in [0.15, 0.2) is 39.9 Å². The van der Waals surface area contributed by atoms with Crippen molar-refractivity contribution in [2.45, 2.75) is 24.0 Å². The summed E-state index contributed by atoms with van der Waals surface area (Å²) in [5, 5.41) is 15.6. The van der Waals surface area contributed by atoms with Crippen molar-refractivity contribution in [1.29, 1.82) is 0 Å². The lowest BCUT2D eigenvalue weighted by atomic mass is 10.1. The minimum absolute atomic E-state index is 0.139. The molecule has 0 amide bonds. The predicted octanol–water partition coefficient (Wildman–Crippen LogP) is 3.03. The fourth-order valence-corrected chi connectivity index (χ4v) is 4.60. The van der Waals surface area contributed by atoms with Gasteiger partial charge < -0.3 is 9.64 Å². The van der Waals surface area contributed by atoms with Gasteiger partial charge in [0.1, 0.15) is 16.7 Å². The summed E-state index contributed by atoms with van der Waals surface area (Å²) in [6, 6.07) is 6.37. The predicted molar refractivity (Wildman–Crippen MR) is 96.0 cm³/mol. The van der Waals surface area contributed by atoms with Gasteiger partial charge in [-0.2, -0.15) is 11.3 Å². The molecule has 0 saturated carbocycles. The molecule has 1 aliphatic heterocycles. The van der Waals surface area contributed by atoms with Crippen LogP contribution in [0, 0.1) is 10.1 Å². The first-order valence-corrected chi connectivity index (χ1v) is 10.5. The lowest BCUT2D eigenvalue weighted by molar-refractivity contribution is -0.387. The molecule has 1 fully saturated rings. The van der Waals surface area contributed by atoms with Crippen molar-refractivity contribution in [3.63, 3.8) is 0 Å². The van der Waals surface area contributed by atoms with Crippen LogP contribution in [0.1, 0.15) is 18.6 Å². The Labute approximate surface area is 149 Å². The van der Waals surface area contributed by atoms with E-state index in [0.717, 1.165) is 11.8 Å². The zero-order valence-corrected chi connectivity index (χ0v) is 15.4. The van der Waals surface area contributed by atoms with E-state index in [1.54, 1.807) is 23.5 Å². The second-order valence-electron chi connectivity index (χ2n) is 6.05. The van der Waals surface area contributed by atoms with E-state index in [9.17, 15) is 18.5 Å². The lowest BCUT2D eigenvalue weighted by Crippen LogP contribution is -2.43. The summed E-state index contributed by atoms with van der Waals surface area (Å²) >= 11 is 1.56. The Kier molecular flexibility index (Phi) is 4.81. The average Bonchev–Trinajstić information content (AvgIpc) is 3.07. The first-order valence-electron chi connectivity index (χ1n) is 7.67. The highest BCUT2D eigenvalue weighted by Gasteiger charge is 2.33. The van der Waals surface area contributed by atoms with Gasteiger partial charge in [0, 0.05) is 19.3 Å². The molecule has 2 aromatic rings. The van der Waals surface area contributed by atoms with Crippen molar-refractivity contribution in [3.8, 4) is 0 Å². The zero-order chi connectivity index (χ0) is 18.2. The Morgan fingerprint density at radius 1 is 1.32 bits per heavy atom. The van der Waals surface area contributed by atoms with Gasteiger partial charge in [-0.3, -0.25) is 10.1 Å². The molecular formula is C16H18N2O5S2. The Morgan fingerprint density at radius 3 is 2.68 bits per heavy atom. The largest absolute Gasteiger partial charge is 0.367 e. The fraction of sp³-hybridized carbons (Fsp3) is 0.375. The van der Waals surface area contributed by atoms with Crippen LogP contribution >= 0.6 is 11.3 Å². The third kappa shape index (κ3) is 3.68. The average molecular weight is 382 g/mol. The molecule has 134 valence electrons. The third-order valence-electron chi connectivity index (χ3n) is 4.08. The summed E-state index contributed by atoms with van der Waals surface area (Å²) in [4.78, 5) is 12.6. The first kappa shape index (κ1) is 17.8. The van der Waals surface area contributed by atoms with E-state index in [0.29, 0.717) is 18.8 Å². The van der Waals surface area contributed by atoms with Crippen molar-refractivity contribution < 1.29 is 18.1 Å².